The van der Waals surface area contributed by atoms with Gasteiger partial charge >= 0.3 is 0 Å². The molecule has 1 aliphatic carbocycles. The number of nitriles is 1. The lowest BCUT2D eigenvalue weighted by molar-refractivity contribution is -0.121. The molecule has 3 rings (SSSR count). The molecule has 108 valence electrons. The lowest BCUT2D eigenvalue weighted by Gasteiger charge is -2.37. The second-order valence-corrected chi connectivity index (χ2v) is 6.21. The Kier molecular flexibility index (Phi) is 2.64. The highest BCUT2D eigenvalue weighted by Crippen LogP contribution is 2.44. The smallest absolute Gasteiger partial charge is 0.267 e. The minimum Gasteiger partial charge on any atom is -0.373 e. The number of aliphatic imine (C=N–C) groups is 1. The van der Waals surface area contributed by atoms with Crippen LogP contribution >= 0.6 is 0 Å². The van der Waals surface area contributed by atoms with Crippen molar-refractivity contribution in [3.8, 4) is 6.07 Å². The Balaban J connectivity index is 2.06. The molecule has 3 aliphatic rings. The summed E-state index contributed by atoms with van der Waals surface area (Å²) in [4.78, 5) is 18.4. The Bertz CT molecular complexity index is 694. The zero-order valence-corrected chi connectivity index (χ0v) is 12.6. The second kappa shape index (κ2) is 4.08. The van der Waals surface area contributed by atoms with E-state index < -0.39 is 5.54 Å². The van der Waals surface area contributed by atoms with E-state index >= 15 is 0 Å². The van der Waals surface area contributed by atoms with Crippen molar-refractivity contribution in [1.82, 2.24) is 10.2 Å². The number of amides is 1. The molecule has 3 atom stereocenters. The van der Waals surface area contributed by atoms with Crippen LogP contribution in [-0.4, -0.2) is 35.3 Å². The van der Waals surface area contributed by atoms with Crippen LogP contribution in [0, 0.1) is 16.7 Å². The number of likely N-dealkylation sites (N-methyl/N-ethyl adjacent to an activating group) is 1. The summed E-state index contributed by atoms with van der Waals surface area (Å²) >= 11 is 0. The molecule has 21 heavy (non-hydrogen) atoms. The van der Waals surface area contributed by atoms with Crippen molar-refractivity contribution in [3.63, 3.8) is 0 Å². The van der Waals surface area contributed by atoms with Gasteiger partial charge in [0, 0.05) is 18.0 Å². The Morgan fingerprint density at radius 2 is 2.19 bits per heavy atom. The number of nitrogens with one attached hydrogen (secondary N) is 1. The van der Waals surface area contributed by atoms with Crippen molar-refractivity contribution in [3.05, 3.63) is 35.6 Å². The highest BCUT2D eigenvalue weighted by molar-refractivity contribution is 6.17. The summed E-state index contributed by atoms with van der Waals surface area (Å²) in [6.45, 7) is 5.77. The first kappa shape index (κ1) is 13.6. The van der Waals surface area contributed by atoms with Gasteiger partial charge in [-0.2, -0.15) is 5.26 Å². The molecule has 0 aromatic carbocycles. The van der Waals surface area contributed by atoms with Crippen LogP contribution in [0.25, 0.3) is 0 Å². The molecule has 5 heteroatoms. The fourth-order valence-corrected chi connectivity index (χ4v) is 3.16. The topological polar surface area (TPSA) is 68.5 Å². The van der Waals surface area contributed by atoms with Gasteiger partial charge in [0.25, 0.3) is 5.91 Å². The van der Waals surface area contributed by atoms with E-state index in [1.807, 2.05) is 12.1 Å². The maximum atomic E-state index is 11.9. The van der Waals surface area contributed by atoms with Gasteiger partial charge in [-0.05, 0) is 27.0 Å². The Morgan fingerprint density at radius 3 is 2.81 bits per heavy atom. The molecule has 0 radical (unpaired) electrons. The van der Waals surface area contributed by atoms with Crippen molar-refractivity contribution < 1.29 is 4.79 Å². The normalized spacial score (nSPS) is 37.5. The van der Waals surface area contributed by atoms with Crippen LogP contribution in [-0.2, 0) is 4.79 Å². The van der Waals surface area contributed by atoms with Crippen molar-refractivity contribution in [1.29, 1.82) is 5.26 Å². The summed E-state index contributed by atoms with van der Waals surface area (Å²) < 4.78 is 0. The van der Waals surface area contributed by atoms with Gasteiger partial charge in [-0.3, -0.25) is 4.79 Å². The fourth-order valence-electron chi connectivity index (χ4n) is 3.16. The molecule has 0 saturated carbocycles. The number of fused-ring (bicyclic) bond motifs is 1. The van der Waals surface area contributed by atoms with Crippen LogP contribution in [0.1, 0.15) is 20.8 Å². The average molecular weight is 282 g/mol. The summed E-state index contributed by atoms with van der Waals surface area (Å²) in [5, 5.41) is 11.9. The van der Waals surface area contributed by atoms with E-state index in [1.165, 1.54) is 6.92 Å². The lowest BCUT2D eigenvalue weighted by Crippen LogP contribution is -2.40. The average Bonchev–Trinajstić information content (AvgIpc) is 2.91. The molecule has 2 aliphatic heterocycles. The van der Waals surface area contributed by atoms with Crippen molar-refractivity contribution in [2.45, 2.75) is 32.4 Å². The molecule has 3 unspecified atom stereocenters. The van der Waals surface area contributed by atoms with Gasteiger partial charge in [-0.15, -0.1) is 0 Å². The number of rotatable bonds is 1. The summed E-state index contributed by atoms with van der Waals surface area (Å²) in [6, 6.07) is 2.25. The van der Waals surface area contributed by atoms with Gasteiger partial charge in [0.15, 0.2) is 0 Å². The van der Waals surface area contributed by atoms with Gasteiger partial charge < -0.3 is 10.2 Å². The van der Waals surface area contributed by atoms with E-state index in [2.05, 4.69) is 54.5 Å². The van der Waals surface area contributed by atoms with E-state index in [4.69, 9.17) is 5.26 Å². The van der Waals surface area contributed by atoms with Crippen LogP contribution < -0.4 is 5.32 Å². The third-order valence-electron chi connectivity index (χ3n) is 4.85. The van der Waals surface area contributed by atoms with E-state index in [0.29, 0.717) is 5.84 Å². The van der Waals surface area contributed by atoms with Gasteiger partial charge in [-0.25, -0.2) is 4.99 Å². The molecule has 5 nitrogen and oxygen atoms in total. The van der Waals surface area contributed by atoms with Gasteiger partial charge in [0.2, 0.25) is 5.54 Å². The first-order valence-electron chi connectivity index (χ1n) is 6.95. The summed E-state index contributed by atoms with van der Waals surface area (Å²) in [6.07, 6.45) is 8.37. The van der Waals surface area contributed by atoms with Crippen molar-refractivity contribution >= 4 is 11.7 Å². The monoisotopic (exact) mass is 282 g/mol. The zero-order chi connectivity index (χ0) is 15.4. The maximum Gasteiger partial charge on any atom is 0.267 e. The Labute approximate surface area is 124 Å². The largest absolute Gasteiger partial charge is 0.373 e. The molecule has 2 heterocycles. The molecule has 0 fully saturated rings. The quantitative estimate of drug-likeness (QED) is 0.792. The summed E-state index contributed by atoms with van der Waals surface area (Å²) in [5.41, 5.74) is 0.617. The van der Waals surface area contributed by atoms with Crippen molar-refractivity contribution in [2.24, 2.45) is 10.4 Å². The SMILES string of the molecule is CC1=C(C2=NC(C)(C#N)C(=O)N2)C=CC2N(C)C=CC12C. The Morgan fingerprint density at radius 1 is 1.48 bits per heavy atom. The molecule has 0 bridgehead atoms. The maximum absolute atomic E-state index is 11.9. The minimum atomic E-state index is -1.32. The molecular formula is C16H18N4O. The fraction of sp³-hybridized carbons (Fsp3) is 0.438. The van der Waals surface area contributed by atoms with Crippen LogP contribution in [0.3, 0.4) is 0 Å². The minimum absolute atomic E-state index is 0.113. The molecule has 0 spiro atoms. The van der Waals surface area contributed by atoms with Crippen LogP contribution in [0.4, 0.5) is 0 Å². The lowest BCUT2D eigenvalue weighted by atomic mass is 9.72. The van der Waals surface area contributed by atoms with Gasteiger partial charge in [-0.1, -0.05) is 23.8 Å². The molecule has 1 N–H and O–H groups in total. The number of carbonyl (C=O) groups is 1. The van der Waals surface area contributed by atoms with Crippen LogP contribution in [0.5, 0.6) is 0 Å². The zero-order valence-electron chi connectivity index (χ0n) is 12.6. The molecule has 1 amide bonds. The molecule has 0 aromatic heterocycles. The van der Waals surface area contributed by atoms with Crippen molar-refractivity contribution in [2.75, 3.05) is 7.05 Å². The Hall–Kier alpha value is -2.35. The number of hydrogen-bond donors (Lipinski definition) is 1. The predicted octanol–water partition coefficient (Wildman–Crippen LogP) is 1.52. The number of amidine groups is 1. The molecular weight excluding hydrogens is 264 g/mol. The highest BCUT2D eigenvalue weighted by Gasteiger charge is 2.45. The number of hydrogen-bond acceptors (Lipinski definition) is 4. The molecule has 0 saturated heterocycles. The van der Waals surface area contributed by atoms with Gasteiger partial charge in [0.05, 0.1) is 6.04 Å². The van der Waals surface area contributed by atoms with E-state index in [0.717, 1.165) is 11.1 Å². The standard InChI is InChI=1S/C16H18N4O/c1-10-11(13-18-14(21)16(3,9-17)19-13)5-6-12-15(10,2)7-8-20(12)4/h5-8,12H,1-4H3,(H,18,19,21). The van der Waals surface area contributed by atoms with Crippen LogP contribution in [0.2, 0.25) is 0 Å². The van der Waals surface area contributed by atoms with Crippen LogP contribution in [0.15, 0.2) is 40.6 Å². The van der Waals surface area contributed by atoms with Gasteiger partial charge in [0.1, 0.15) is 11.9 Å². The van der Waals surface area contributed by atoms with E-state index in [1.54, 1.807) is 0 Å². The van der Waals surface area contributed by atoms with E-state index in [9.17, 15) is 4.79 Å². The third kappa shape index (κ3) is 1.69. The summed E-state index contributed by atoms with van der Waals surface area (Å²) in [7, 11) is 2.05. The molecule has 0 aromatic rings. The predicted molar refractivity (Wildman–Crippen MR) is 80.2 cm³/mol. The highest BCUT2D eigenvalue weighted by atomic mass is 16.2. The first-order chi connectivity index (χ1) is 9.82. The number of carbonyl (C=O) groups excluding carboxylic acids is 1. The number of nitrogens with zero attached hydrogens (tertiary/aromatic N) is 3. The second-order valence-electron chi connectivity index (χ2n) is 6.21. The van der Waals surface area contributed by atoms with E-state index in [-0.39, 0.29) is 17.4 Å². The first-order valence-corrected chi connectivity index (χ1v) is 6.95. The summed E-state index contributed by atoms with van der Waals surface area (Å²) in [5.74, 6) is 0.139. The third-order valence-corrected chi connectivity index (χ3v) is 4.85.